The number of benzene rings is 3. The van der Waals surface area contributed by atoms with Crippen LogP contribution in [0.1, 0.15) is 45.9 Å². The van der Waals surface area contributed by atoms with Crippen molar-refractivity contribution in [3.63, 3.8) is 0 Å². The number of nitrogens with one attached hydrogen (secondary N) is 2. The molecule has 1 heterocycles. The van der Waals surface area contributed by atoms with Crippen molar-refractivity contribution >= 4 is 28.6 Å². The van der Waals surface area contributed by atoms with Gasteiger partial charge in [0.2, 0.25) is 0 Å². The number of pyridine rings is 1. The van der Waals surface area contributed by atoms with Crippen LogP contribution < -0.4 is 16.2 Å². The van der Waals surface area contributed by atoms with Crippen LogP contribution in [0.3, 0.4) is 0 Å². The number of rotatable bonds is 8. The quantitative estimate of drug-likeness (QED) is 0.242. The predicted octanol–water partition coefficient (Wildman–Crippen LogP) is 7.10. The minimum absolute atomic E-state index is 0.0455. The average molecular weight is 556 g/mol. The first kappa shape index (κ1) is 29.4. The molecule has 2 amide bonds. The van der Waals surface area contributed by atoms with E-state index in [4.69, 9.17) is 9.47 Å². The van der Waals surface area contributed by atoms with Crippen LogP contribution in [0.2, 0.25) is 0 Å². The third-order valence-corrected chi connectivity index (χ3v) is 6.26. The monoisotopic (exact) mass is 555 g/mol. The molecule has 0 saturated carbocycles. The maximum absolute atomic E-state index is 14.0. The standard InChI is InChI=1S/C33H37N3O5/c1-22(2)20-36-27(19-34-31(38)41-33(3,4)5)28(24-15-10-7-11-16-24)29-25(30(36)37)17-12-18-26(29)35-32(39)40-21-23-13-8-6-9-14-23/h6-18,22H,19-21H2,1-5H3,(H,34,38)(H,35,39). The lowest BCUT2D eigenvalue weighted by molar-refractivity contribution is 0.0522. The molecule has 0 aliphatic carbocycles. The summed E-state index contributed by atoms with van der Waals surface area (Å²) in [7, 11) is 0. The Morgan fingerprint density at radius 2 is 1.54 bits per heavy atom. The van der Waals surface area contributed by atoms with Crippen molar-refractivity contribution in [1.82, 2.24) is 9.88 Å². The first-order chi connectivity index (χ1) is 19.5. The van der Waals surface area contributed by atoms with Gasteiger partial charge in [-0.05, 0) is 49.9 Å². The number of carbonyl (C=O) groups excluding carboxylic acids is 2. The highest BCUT2D eigenvalue weighted by molar-refractivity contribution is 6.08. The molecule has 0 aliphatic rings. The summed E-state index contributed by atoms with van der Waals surface area (Å²) in [6.07, 6.45) is -1.23. The predicted molar refractivity (Wildman–Crippen MR) is 162 cm³/mol. The molecule has 0 atom stereocenters. The summed E-state index contributed by atoms with van der Waals surface area (Å²) in [6, 6.07) is 24.3. The second-order valence-corrected chi connectivity index (χ2v) is 11.3. The summed E-state index contributed by atoms with van der Waals surface area (Å²) >= 11 is 0. The minimum atomic E-state index is -0.676. The maximum atomic E-state index is 14.0. The Kier molecular flexibility index (Phi) is 9.12. The first-order valence-corrected chi connectivity index (χ1v) is 13.7. The molecule has 0 radical (unpaired) electrons. The molecule has 0 aliphatic heterocycles. The van der Waals surface area contributed by atoms with Gasteiger partial charge in [-0.3, -0.25) is 10.1 Å². The van der Waals surface area contributed by atoms with Gasteiger partial charge in [0.15, 0.2) is 0 Å². The van der Waals surface area contributed by atoms with Gasteiger partial charge in [-0.25, -0.2) is 9.59 Å². The zero-order chi connectivity index (χ0) is 29.6. The Balaban J connectivity index is 1.85. The Bertz CT molecular complexity index is 1570. The largest absolute Gasteiger partial charge is 0.444 e. The van der Waals surface area contributed by atoms with Crippen molar-refractivity contribution in [2.75, 3.05) is 5.32 Å². The molecule has 0 unspecified atom stereocenters. The van der Waals surface area contributed by atoms with Gasteiger partial charge in [0.1, 0.15) is 12.2 Å². The van der Waals surface area contributed by atoms with E-state index in [9.17, 15) is 14.4 Å². The number of hydrogen-bond acceptors (Lipinski definition) is 5. The summed E-state index contributed by atoms with van der Waals surface area (Å²) in [5.74, 6) is 0.156. The van der Waals surface area contributed by atoms with Gasteiger partial charge in [-0.15, -0.1) is 0 Å². The zero-order valence-corrected chi connectivity index (χ0v) is 24.2. The Labute approximate surface area is 240 Å². The van der Waals surface area contributed by atoms with Gasteiger partial charge >= 0.3 is 12.2 Å². The van der Waals surface area contributed by atoms with Crippen LogP contribution in [0.25, 0.3) is 21.9 Å². The molecule has 1 aromatic heterocycles. The second-order valence-electron chi connectivity index (χ2n) is 11.3. The lowest BCUT2D eigenvalue weighted by Gasteiger charge is -2.24. The van der Waals surface area contributed by atoms with Gasteiger partial charge < -0.3 is 19.4 Å². The molecule has 3 aromatic carbocycles. The van der Waals surface area contributed by atoms with Crippen LogP contribution in [0.4, 0.5) is 15.3 Å². The molecular weight excluding hydrogens is 518 g/mol. The van der Waals surface area contributed by atoms with Crippen molar-refractivity contribution in [3.8, 4) is 11.1 Å². The van der Waals surface area contributed by atoms with Crippen molar-refractivity contribution in [1.29, 1.82) is 0 Å². The van der Waals surface area contributed by atoms with E-state index in [-0.39, 0.29) is 24.6 Å². The van der Waals surface area contributed by atoms with E-state index in [1.54, 1.807) is 43.5 Å². The van der Waals surface area contributed by atoms with Crippen LogP contribution in [0, 0.1) is 5.92 Å². The van der Waals surface area contributed by atoms with E-state index in [1.807, 2.05) is 74.5 Å². The molecule has 2 N–H and O–H groups in total. The maximum Gasteiger partial charge on any atom is 0.411 e. The highest BCUT2D eigenvalue weighted by Crippen LogP contribution is 2.36. The Morgan fingerprint density at radius 1 is 0.878 bits per heavy atom. The molecule has 8 heteroatoms. The molecule has 0 saturated heterocycles. The third kappa shape index (κ3) is 7.54. The molecular formula is C33H37N3O5. The normalized spacial score (nSPS) is 11.4. The number of hydrogen-bond donors (Lipinski definition) is 2. The first-order valence-electron chi connectivity index (χ1n) is 13.7. The zero-order valence-electron chi connectivity index (χ0n) is 24.2. The van der Waals surface area contributed by atoms with E-state index in [0.29, 0.717) is 28.7 Å². The third-order valence-electron chi connectivity index (χ3n) is 6.26. The summed E-state index contributed by atoms with van der Waals surface area (Å²) in [5, 5.41) is 6.71. The smallest absolute Gasteiger partial charge is 0.411 e. The topological polar surface area (TPSA) is 98.7 Å². The number of ether oxygens (including phenoxy) is 2. The van der Waals surface area contributed by atoms with Crippen LogP contribution in [0.15, 0.2) is 83.7 Å². The van der Waals surface area contributed by atoms with E-state index in [1.165, 1.54) is 0 Å². The van der Waals surface area contributed by atoms with Gasteiger partial charge in [0, 0.05) is 28.6 Å². The lowest BCUT2D eigenvalue weighted by atomic mass is 9.95. The van der Waals surface area contributed by atoms with E-state index >= 15 is 0 Å². The van der Waals surface area contributed by atoms with E-state index in [2.05, 4.69) is 10.6 Å². The average Bonchev–Trinajstić information content (AvgIpc) is 2.92. The fourth-order valence-corrected chi connectivity index (χ4v) is 4.65. The van der Waals surface area contributed by atoms with Crippen molar-refractivity contribution < 1.29 is 19.1 Å². The molecule has 0 fully saturated rings. The highest BCUT2D eigenvalue weighted by Gasteiger charge is 2.23. The Morgan fingerprint density at radius 3 is 2.17 bits per heavy atom. The van der Waals surface area contributed by atoms with Gasteiger partial charge in [-0.2, -0.15) is 0 Å². The number of alkyl carbamates (subject to hydrolysis) is 1. The van der Waals surface area contributed by atoms with E-state index in [0.717, 1.165) is 16.7 Å². The van der Waals surface area contributed by atoms with Crippen LogP contribution in [-0.2, 0) is 29.2 Å². The van der Waals surface area contributed by atoms with Crippen LogP contribution >= 0.6 is 0 Å². The number of carbonyl (C=O) groups is 2. The summed E-state index contributed by atoms with van der Waals surface area (Å²) in [6.45, 7) is 10.0. The molecule has 41 heavy (non-hydrogen) atoms. The van der Waals surface area contributed by atoms with Crippen molar-refractivity contribution in [3.05, 3.63) is 100 Å². The SMILES string of the molecule is CC(C)Cn1c(CNC(=O)OC(C)(C)C)c(-c2ccccc2)c2c(NC(=O)OCc3ccccc3)cccc2c1=O. The van der Waals surface area contributed by atoms with E-state index < -0.39 is 17.8 Å². The highest BCUT2D eigenvalue weighted by atomic mass is 16.6. The number of aromatic nitrogens is 1. The van der Waals surface area contributed by atoms with Gasteiger partial charge in [0.05, 0.1) is 12.2 Å². The summed E-state index contributed by atoms with van der Waals surface area (Å²) < 4.78 is 12.7. The molecule has 0 spiro atoms. The molecule has 214 valence electrons. The molecule has 8 nitrogen and oxygen atoms in total. The Hall–Kier alpha value is -4.59. The van der Waals surface area contributed by atoms with Gasteiger partial charge in [-0.1, -0.05) is 80.6 Å². The number of nitrogens with zero attached hydrogens (tertiary/aromatic N) is 1. The summed E-state index contributed by atoms with van der Waals surface area (Å²) in [5.41, 5.74) is 2.59. The number of amides is 2. The second kappa shape index (κ2) is 12.7. The fraction of sp³-hybridized carbons (Fsp3) is 0.303. The van der Waals surface area contributed by atoms with Crippen LogP contribution in [-0.4, -0.2) is 22.4 Å². The number of anilines is 1. The van der Waals surface area contributed by atoms with Crippen molar-refractivity contribution in [2.24, 2.45) is 5.92 Å². The van der Waals surface area contributed by atoms with Crippen molar-refractivity contribution in [2.45, 2.75) is 59.9 Å². The minimum Gasteiger partial charge on any atom is -0.444 e. The fourth-order valence-electron chi connectivity index (χ4n) is 4.65. The summed E-state index contributed by atoms with van der Waals surface area (Å²) in [4.78, 5) is 39.6. The van der Waals surface area contributed by atoms with Crippen LogP contribution in [0.5, 0.6) is 0 Å². The molecule has 4 rings (SSSR count). The molecule has 4 aromatic rings. The van der Waals surface area contributed by atoms with Gasteiger partial charge in [0.25, 0.3) is 5.56 Å². The lowest BCUT2D eigenvalue weighted by Crippen LogP contribution is -2.35. The number of fused-ring (bicyclic) bond motifs is 1. The molecule has 0 bridgehead atoms.